The van der Waals surface area contributed by atoms with Gasteiger partial charge in [0.15, 0.2) is 11.5 Å². The van der Waals surface area contributed by atoms with E-state index in [4.69, 9.17) is 4.42 Å². The number of anilines is 1. The third-order valence-corrected chi connectivity index (χ3v) is 2.48. The van der Waals surface area contributed by atoms with Crippen molar-refractivity contribution in [1.82, 2.24) is 4.98 Å². The molecule has 2 rings (SSSR count). The highest BCUT2D eigenvalue weighted by molar-refractivity contribution is 7.80. The van der Waals surface area contributed by atoms with Crippen LogP contribution in [0, 0.1) is 6.92 Å². The van der Waals surface area contributed by atoms with Crippen molar-refractivity contribution >= 4 is 29.4 Å². The summed E-state index contributed by atoms with van der Waals surface area (Å²) in [7, 11) is 0. The molecule has 0 amide bonds. The number of hydrogen-bond donors (Lipinski definition) is 2. The Balaban J connectivity index is 2.15. The first-order valence-electron chi connectivity index (χ1n) is 5.01. The predicted octanol–water partition coefficient (Wildman–Crippen LogP) is 2.87. The molecule has 80 valence electrons. The number of aromatic nitrogens is 1. The van der Waals surface area contributed by atoms with Crippen molar-refractivity contribution in [3.05, 3.63) is 24.1 Å². The Morgan fingerprint density at radius 2 is 2.33 bits per heavy atom. The zero-order valence-electron chi connectivity index (χ0n) is 8.66. The summed E-state index contributed by atoms with van der Waals surface area (Å²) in [6, 6.07) is 5.96. The first-order valence-corrected chi connectivity index (χ1v) is 5.65. The molecule has 4 heteroatoms. The van der Waals surface area contributed by atoms with Crippen molar-refractivity contribution in [1.29, 1.82) is 0 Å². The maximum Gasteiger partial charge on any atom is 0.192 e. The molecule has 1 aromatic heterocycles. The van der Waals surface area contributed by atoms with E-state index in [1.54, 1.807) is 0 Å². The average Bonchev–Trinajstić information content (AvgIpc) is 2.57. The van der Waals surface area contributed by atoms with E-state index in [1.807, 2.05) is 25.1 Å². The van der Waals surface area contributed by atoms with E-state index in [-0.39, 0.29) is 0 Å². The Hall–Kier alpha value is -1.16. The topological polar surface area (TPSA) is 38.1 Å². The van der Waals surface area contributed by atoms with Crippen LogP contribution in [0.3, 0.4) is 0 Å². The standard InChI is InChI=1S/C11H14N2OS/c1-8-13-10-4-3-9(7-11(10)14-8)12-5-2-6-15/h3-4,7,12,15H,2,5-6H2,1H3. The van der Waals surface area contributed by atoms with Gasteiger partial charge in [-0.15, -0.1) is 0 Å². The molecule has 2 aromatic rings. The van der Waals surface area contributed by atoms with Crippen LogP contribution in [0.15, 0.2) is 22.6 Å². The monoisotopic (exact) mass is 222 g/mol. The first kappa shape index (κ1) is 10.4. The molecule has 0 unspecified atom stereocenters. The predicted molar refractivity (Wildman–Crippen MR) is 65.7 cm³/mol. The minimum absolute atomic E-state index is 0.706. The van der Waals surface area contributed by atoms with Crippen LogP contribution in [0.5, 0.6) is 0 Å². The van der Waals surface area contributed by atoms with E-state index >= 15 is 0 Å². The Kier molecular flexibility index (Phi) is 3.16. The molecule has 0 aliphatic rings. The van der Waals surface area contributed by atoms with E-state index < -0.39 is 0 Å². The number of oxazole rings is 1. The van der Waals surface area contributed by atoms with Gasteiger partial charge < -0.3 is 9.73 Å². The summed E-state index contributed by atoms with van der Waals surface area (Å²) in [5.74, 6) is 1.61. The van der Waals surface area contributed by atoms with E-state index in [9.17, 15) is 0 Å². The van der Waals surface area contributed by atoms with Crippen LogP contribution < -0.4 is 5.32 Å². The molecule has 0 fully saturated rings. The third-order valence-electron chi connectivity index (χ3n) is 2.16. The molecule has 0 aliphatic heterocycles. The molecule has 1 heterocycles. The van der Waals surface area contributed by atoms with Crippen molar-refractivity contribution in [3.63, 3.8) is 0 Å². The number of benzene rings is 1. The van der Waals surface area contributed by atoms with Gasteiger partial charge in [0.2, 0.25) is 0 Å². The molecule has 15 heavy (non-hydrogen) atoms. The molecule has 0 aliphatic carbocycles. The molecular weight excluding hydrogens is 208 g/mol. The van der Waals surface area contributed by atoms with Gasteiger partial charge in [-0.3, -0.25) is 0 Å². The fourth-order valence-corrected chi connectivity index (χ4v) is 1.62. The smallest absolute Gasteiger partial charge is 0.192 e. The lowest BCUT2D eigenvalue weighted by Gasteiger charge is -2.03. The summed E-state index contributed by atoms with van der Waals surface area (Å²) in [5.41, 5.74) is 2.82. The van der Waals surface area contributed by atoms with Gasteiger partial charge in [0.05, 0.1) is 0 Å². The van der Waals surface area contributed by atoms with Crippen molar-refractivity contribution in [3.8, 4) is 0 Å². The number of aryl methyl sites for hydroxylation is 1. The lowest BCUT2D eigenvalue weighted by molar-refractivity contribution is 0.561. The van der Waals surface area contributed by atoms with Crippen molar-refractivity contribution in [2.24, 2.45) is 0 Å². The average molecular weight is 222 g/mol. The van der Waals surface area contributed by atoms with Crippen LogP contribution in [0.4, 0.5) is 5.69 Å². The Bertz CT molecular complexity index is 453. The van der Waals surface area contributed by atoms with Gasteiger partial charge in [-0.1, -0.05) is 0 Å². The maximum atomic E-state index is 5.45. The van der Waals surface area contributed by atoms with Gasteiger partial charge in [0, 0.05) is 25.2 Å². The van der Waals surface area contributed by atoms with Gasteiger partial charge in [-0.25, -0.2) is 4.98 Å². The number of hydrogen-bond acceptors (Lipinski definition) is 4. The highest BCUT2D eigenvalue weighted by Gasteiger charge is 2.02. The first-order chi connectivity index (χ1) is 7.29. The van der Waals surface area contributed by atoms with Crippen molar-refractivity contribution < 1.29 is 4.42 Å². The molecule has 1 N–H and O–H groups in total. The zero-order valence-corrected chi connectivity index (χ0v) is 9.55. The summed E-state index contributed by atoms with van der Waals surface area (Å²) < 4.78 is 5.45. The summed E-state index contributed by atoms with van der Waals surface area (Å²) in [6.07, 6.45) is 1.05. The van der Waals surface area contributed by atoms with Crippen LogP contribution in [-0.4, -0.2) is 17.3 Å². The van der Waals surface area contributed by atoms with Crippen LogP contribution >= 0.6 is 12.6 Å². The number of nitrogens with one attached hydrogen (secondary N) is 1. The van der Waals surface area contributed by atoms with Gasteiger partial charge in [0.25, 0.3) is 0 Å². The molecule has 0 spiro atoms. The van der Waals surface area contributed by atoms with E-state index in [0.29, 0.717) is 5.89 Å². The number of nitrogens with zero attached hydrogens (tertiary/aromatic N) is 1. The minimum atomic E-state index is 0.706. The van der Waals surface area contributed by atoms with Gasteiger partial charge in [-0.05, 0) is 24.3 Å². The number of fused-ring (bicyclic) bond motifs is 1. The van der Waals surface area contributed by atoms with Crippen LogP contribution in [0.25, 0.3) is 11.1 Å². The summed E-state index contributed by atoms with van der Waals surface area (Å²) in [5, 5.41) is 3.31. The Morgan fingerprint density at radius 3 is 3.13 bits per heavy atom. The quantitative estimate of drug-likeness (QED) is 0.617. The lowest BCUT2D eigenvalue weighted by atomic mass is 10.3. The summed E-state index contributed by atoms with van der Waals surface area (Å²) in [6.45, 7) is 2.79. The number of rotatable bonds is 4. The Morgan fingerprint density at radius 1 is 1.47 bits per heavy atom. The number of thiol groups is 1. The third kappa shape index (κ3) is 2.45. The molecule has 3 nitrogen and oxygen atoms in total. The second-order valence-electron chi connectivity index (χ2n) is 3.42. The molecule has 0 radical (unpaired) electrons. The van der Waals surface area contributed by atoms with Gasteiger partial charge in [0.1, 0.15) is 5.52 Å². The molecule has 0 atom stereocenters. The molecule has 0 bridgehead atoms. The summed E-state index contributed by atoms with van der Waals surface area (Å²) in [4.78, 5) is 4.24. The fraction of sp³-hybridized carbons (Fsp3) is 0.364. The molecular formula is C11H14N2OS. The largest absolute Gasteiger partial charge is 0.441 e. The maximum absolute atomic E-state index is 5.45. The van der Waals surface area contributed by atoms with Gasteiger partial charge >= 0.3 is 0 Å². The van der Waals surface area contributed by atoms with Gasteiger partial charge in [-0.2, -0.15) is 12.6 Å². The SMILES string of the molecule is Cc1nc2ccc(NCCCS)cc2o1. The summed E-state index contributed by atoms with van der Waals surface area (Å²) >= 11 is 4.16. The fourth-order valence-electron chi connectivity index (χ4n) is 1.46. The minimum Gasteiger partial charge on any atom is -0.441 e. The van der Waals surface area contributed by atoms with Crippen LogP contribution in [0.1, 0.15) is 12.3 Å². The van der Waals surface area contributed by atoms with Crippen LogP contribution in [0.2, 0.25) is 0 Å². The van der Waals surface area contributed by atoms with Crippen LogP contribution in [-0.2, 0) is 0 Å². The molecule has 0 saturated heterocycles. The molecule has 0 saturated carbocycles. The highest BCUT2D eigenvalue weighted by atomic mass is 32.1. The highest BCUT2D eigenvalue weighted by Crippen LogP contribution is 2.19. The van der Waals surface area contributed by atoms with Crippen molar-refractivity contribution in [2.75, 3.05) is 17.6 Å². The van der Waals surface area contributed by atoms with E-state index in [1.165, 1.54) is 0 Å². The lowest BCUT2D eigenvalue weighted by Crippen LogP contribution is -2.01. The second kappa shape index (κ2) is 4.57. The van der Waals surface area contributed by atoms with E-state index in [2.05, 4.69) is 22.9 Å². The molecule has 1 aromatic carbocycles. The second-order valence-corrected chi connectivity index (χ2v) is 3.87. The van der Waals surface area contributed by atoms with E-state index in [0.717, 1.165) is 35.5 Å². The van der Waals surface area contributed by atoms with Crippen molar-refractivity contribution in [2.45, 2.75) is 13.3 Å². The zero-order chi connectivity index (χ0) is 10.7. The normalized spacial score (nSPS) is 10.8. The Labute approximate surface area is 94.3 Å².